The normalized spacial score (nSPS) is 22.8. The number of hydrogen-bond acceptors (Lipinski definition) is 6. The lowest BCUT2D eigenvalue weighted by atomic mass is 9.63. The molecule has 2 amide bonds. The summed E-state index contributed by atoms with van der Waals surface area (Å²) < 4.78 is 70.0. The number of hydrogen-bond donors (Lipinski definition) is 2. The molecule has 1 heterocycles. The second-order valence-corrected chi connectivity index (χ2v) is 14.2. The maximum atomic E-state index is 14.2. The second kappa shape index (κ2) is 11.2. The Labute approximate surface area is 251 Å². The van der Waals surface area contributed by atoms with Crippen molar-refractivity contribution in [1.82, 2.24) is 15.5 Å². The summed E-state index contributed by atoms with van der Waals surface area (Å²) in [6.07, 6.45) is -1.47. The van der Waals surface area contributed by atoms with Gasteiger partial charge in [-0.2, -0.15) is 13.2 Å². The topological polar surface area (TPSA) is 105 Å². The molecule has 2 N–H and O–H groups in total. The molecule has 2 aliphatic carbocycles. The lowest BCUT2D eigenvalue weighted by Crippen LogP contribution is -2.58. The van der Waals surface area contributed by atoms with E-state index in [-0.39, 0.29) is 34.5 Å². The van der Waals surface area contributed by atoms with Crippen LogP contribution in [0.25, 0.3) is 0 Å². The van der Waals surface area contributed by atoms with Crippen molar-refractivity contribution in [2.24, 2.45) is 0 Å². The Hall–Kier alpha value is -2.54. The molecule has 2 aromatic carbocycles. The summed E-state index contributed by atoms with van der Waals surface area (Å²) in [6, 6.07) is 9.09. The molecule has 2 saturated carbocycles. The quantitative estimate of drug-likeness (QED) is 0.385. The molecule has 2 atom stereocenters. The fourth-order valence-corrected chi connectivity index (χ4v) is 8.08. The first-order valence-corrected chi connectivity index (χ1v) is 15.8. The molecule has 0 bridgehead atoms. The second-order valence-electron chi connectivity index (χ2n) is 11.1. The maximum Gasteiger partial charge on any atom is 0.422 e. The van der Waals surface area contributed by atoms with E-state index in [1.165, 1.54) is 4.90 Å². The van der Waals surface area contributed by atoms with Gasteiger partial charge in [-0.1, -0.05) is 41.8 Å². The maximum absolute atomic E-state index is 14.2. The van der Waals surface area contributed by atoms with Crippen LogP contribution in [0.4, 0.5) is 13.2 Å². The van der Waals surface area contributed by atoms with Crippen LogP contribution < -0.4 is 15.4 Å². The van der Waals surface area contributed by atoms with E-state index in [0.29, 0.717) is 30.7 Å². The zero-order valence-electron chi connectivity index (χ0n) is 22.6. The average Bonchev–Trinajstić information content (AvgIpc) is 3.52. The van der Waals surface area contributed by atoms with Crippen LogP contribution in [0.5, 0.6) is 5.75 Å². The van der Waals surface area contributed by atoms with Crippen LogP contribution >= 0.6 is 23.2 Å². The first-order valence-electron chi connectivity index (χ1n) is 13.5. The summed E-state index contributed by atoms with van der Waals surface area (Å²) in [5.74, 6) is -1.03. The van der Waals surface area contributed by atoms with Gasteiger partial charge in [0.15, 0.2) is 16.4 Å². The Bertz CT molecular complexity index is 1480. The molecule has 14 heteroatoms. The third-order valence-corrected chi connectivity index (χ3v) is 11.3. The number of amides is 2. The number of alkyl halides is 3. The van der Waals surface area contributed by atoms with Gasteiger partial charge in [0.05, 0.1) is 26.2 Å². The van der Waals surface area contributed by atoms with Crippen LogP contribution in [0.2, 0.25) is 10.0 Å². The summed E-state index contributed by atoms with van der Waals surface area (Å²) >= 11 is 12.3. The monoisotopic (exact) mass is 647 g/mol. The van der Waals surface area contributed by atoms with Crippen LogP contribution in [0, 0.1) is 0 Å². The molecule has 228 valence electrons. The molecule has 3 fully saturated rings. The Balaban J connectivity index is 1.44. The lowest BCUT2D eigenvalue weighted by molar-refractivity contribution is -0.153. The molecule has 8 nitrogen and oxygen atoms in total. The van der Waals surface area contributed by atoms with Crippen LogP contribution in [0.15, 0.2) is 47.4 Å². The predicted octanol–water partition coefficient (Wildman–Crippen LogP) is 4.63. The largest absolute Gasteiger partial charge is 0.484 e. The standard InChI is InChI=1S/C28H30Cl2F3N3O5S/c1-34-27(11-12-27)35-24(37)22-14-20(42(39,40)23-8-7-19(13-21(23)30)41-16-28(31,32)33)15-36(22)25(38)26(9-2-10-26)17-3-5-18(29)6-4-17/h3-8,13,20,22,34H,2,9-12,14-16H2,1H3,(H,35,37)/t20-,22+/m1/s1. The number of nitrogens with one attached hydrogen (secondary N) is 2. The van der Waals surface area contributed by atoms with E-state index < -0.39 is 50.9 Å². The van der Waals surface area contributed by atoms with Gasteiger partial charge >= 0.3 is 6.18 Å². The van der Waals surface area contributed by atoms with E-state index in [1.807, 2.05) is 0 Å². The summed E-state index contributed by atoms with van der Waals surface area (Å²) in [6.45, 7) is -1.81. The summed E-state index contributed by atoms with van der Waals surface area (Å²) in [5.41, 5.74) is -0.750. The zero-order chi connectivity index (χ0) is 30.5. The number of ether oxygens (including phenoxy) is 1. The molecule has 2 aromatic rings. The Kier molecular flexibility index (Phi) is 8.23. The summed E-state index contributed by atoms with van der Waals surface area (Å²) in [5, 5.41) is 5.03. The average molecular weight is 649 g/mol. The number of likely N-dealkylation sites (tertiary alicyclic amines) is 1. The first kappa shape index (κ1) is 30.9. The SMILES string of the molecule is CNC1(NC(=O)[C@@H]2C[C@@H](S(=O)(=O)c3ccc(OCC(F)(F)F)cc3Cl)CN2C(=O)C2(c3ccc(Cl)cc3)CCC2)CC1. The van der Waals surface area contributed by atoms with Crippen molar-refractivity contribution in [2.75, 3.05) is 20.2 Å². The minimum absolute atomic E-state index is 0.168. The number of carbonyl (C=O) groups is 2. The molecule has 0 unspecified atom stereocenters. The molecule has 42 heavy (non-hydrogen) atoms. The molecule has 5 rings (SSSR count). The number of nitrogens with zero attached hydrogens (tertiary/aromatic N) is 1. The number of benzene rings is 2. The molecule has 0 aromatic heterocycles. The van der Waals surface area contributed by atoms with Gasteiger partial charge in [0.25, 0.3) is 0 Å². The number of rotatable bonds is 9. The number of sulfone groups is 1. The first-order chi connectivity index (χ1) is 19.7. The van der Waals surface area contributed by atoms with Crippen LogP contribution in [-0.4, -0.2) is 68.5 Å². The zero-order valence-corrected chi connectivity index (χ0v) is 25.0. The van der Waals surface area contributed by atoms with Gasteiger partial charge in [-0.25, -0.2) is 8.42 Å². The lowest BCUT2D eigenvalue weighted by Gasteiger charge is -2.44. The fraction of sp³-hybridized carbons (Fsp3) is 0.500. The minimum atomic E-state index is -4.58. The van der Waals surface area contributed by atoms with E-state index in [9.17, 15) is 31.2 Å². The highest BCUT2D eigenvalue weighted by atomic mass is 35.5. The van der Waals surface area contributed by atoms with Crippen LogP contribution in [-0.2, 0) is 24.8 Å². The minimum Gasteiger partial charge on any atom is -0.484 e. The molecular formula is C28H30Cl2F3N3O5S. The van der Waals surface area contributed by atoms with Gasteiger partial charge < -0.3 is 15.0 Å². The van der Waals surface area contributed by atoms with Gasteiger partial charge in [-0.15, -0.1) is 0 Å². The fourth-order valence-electron chi connectivity index (χ4n) is 5.72. The molecule has 3 aliphatic rings. The van der Waals surface area contributed by atoms with E-state index in [4.69, 9.17) is 23.2 Å². The van der Waals surface area contributed by atoms with Crippen molar-refractivity contribution in [3.05, 3.63) is 58.1 Å². The summed E-state index contributed by atoms with van der Waals surface area (Å²) in [7, 11) is -2.50. The molecule has 1 saturated heterocycles. The third kappa shape index (κ3) is 5.95. The Morgan fingerprint density at radius 2 is 1.74 bits per heavy atom. The van der Waals surface area contributed by atoms with Crippen molar-refractivity contribution in [1.29, 1.82) is 0 Å². The van der Waals surface area contributed by atoms with Gasteiger partial charge in [-0.3, -0.25) is 14.9 Å². The van der Waals surface area contributed by atoms with E-state index in [2.05, 4.69) is 15.4 Å². The molecule has 1 aliphatic heterocycles. The van der Waals surface area contributed by atoms with Crippen molar-refractivity contribution in [3.63, 3.8) is 0 Å². The van der Waals surface area contributed by atoms with Gasteiger partial charge in [0, 0.05) is 17.6 Å². The van der Waals surface area contributed by atoms with Gasteiger partial charge in [0.2, 0.25) is 11.8 Å². The Morgan fingerprint density at radius 1 is 1.07 bits per heavy atom. The summed E-state index contributed by atoms with van der Waals surface area (Å²) in [4.78, 5) is 28.9. The molecule has 0 spiro atoms. The smallest absolute Gasteiger partial charge is 0.422 e. The van der Waals surface area contributed by atoms with E-state index >= 15 is 0 Å². The van der Waals surface area contributed by atoms with Crippen LogP contribution in [0.1, 0.15) is 44.1 Å². The van der Waals surface area contributed by atoms with Gasteiger partial charge in [-0.05, 0) is 69.0 Å². The molecule has 0 radical (unpaired) electrons. The van der Waals surface area contributed by atoms with Crippen LogP contribution in [0.3, 0.4) is 0 Å². The highest BCUT2D eigenvalue weighted by molar-refractivity contribution is 7.92. The molecular weight excluding hydrogens is 618 g/mol. The van der Waals surface area contributed by atoms with Crippen molar-refractivity contribution >= 4 is 44.9 Å². The Morgan fingerprint density at radius 3 is 2.26 bits per heavy atom. The highest BCUT2D eigenvalue weighted by Crippen LogP contribution is 2.47. The van der Waals surface area contributed by atoms with E-state index in [0.717, 1.165) is 30.2 Å². The van der Waals surface area contributed by atoms with E-state index in [1.54, 1.807) is 31.3 Å². The van der Waals surface area contributed by atoms with Crippen molar-refractivity contribution in [3.8, 4) is 5.75 Å². The predicted molar refractivity (Wildman–Crippen MR) is 150 cm³/mol. The third-order valence-electron chi connectivity index (χ3n) is 8.48. The van der Waals surface area contributed by atoms with Gasteiger partial charge in [0.1, 0.15) is 11.8 Å². The number of carbonyl (C=O) groups excluding carboxylic acids is 2. The highest BCUT2D eigenvalue weighted by Gasteiger charge is 2.55. The van der Waals surface area contributed by atoms with Crippen molar-refractivity contribution in [2.45, 2.75) is 72.0 Å². The van der Waals surface area contributed by atoms with Crippen molar-refractivity contribution < 1.29 is 35.9 Å². The number of halogens is 5.